The first-order valence-electron chi connectivity index (χ1n) is 7.32. The first-order valence-corrected chi connectivity index (χ1v) is 8.20. The third-order valence-corrected chi connectivity index (χ3v) is 4.23. The number of para-hydroxylation sites is 1. The molecule has 2 aromatic heterocycles. The molecule has 2 N–H and O–H groups in total. The molecule has 0 fully saturated rings. The van der Waals surface area contributed by atoms with Crippen LogP contribution in [-0.2, 0) is 0 Å². The van der Waals surface area contributed by atoms with Gasteiger partial charge in [-0.25, -0.2) is 4.98 Å². The second-order valence-corrected chi connectivity index (χ2v) is 5.99. The van der Waals surface area contributed by atoms with Crippen molar-refractivity contribution in [2.75, 3.05) is 5.32 Å². The van der Waals surface area contributed by atoms with Crippen LogP contribution in [-0.4, -0.2) is 15.1 Å². The molecule has 0 aliphatic heterocycles. The normalized spacial score (nSPS) is 10.7. The number of hydrogen-bond acceptors (Lipinski definition) is 6. The molecule has 24 heavy (non-hydrogen) atoms. The number of fused-ring (bicyclic) bond motifs is 1. The Kier molecular flexibility index (Phi) is 3.72. The number of phenolic OH excluding ortho intramolecular Hbond substituents is 1. The fourth-order valence-electron chi connectivity index (χ4n) is 2.27. The van der Waals surface area contributed by atoms with Gasteiger partial charge in [0.15, 0.2) is 0 Å². The highest BCUT2D eigenvalue weighted by atomic mass is 32.1. The van der Waals surface area contributed by atoms with Gasteiger partial charge in [-0.05, 0) is 35.7 Å². The van der Waals surface area contributed by atoms with Gasteiger partial charge < -0.3 is 15.2 Å². The van der Waals surface area contributed by atoms with Crippen LogP contribution in [0, 0.1) is 0 Å². The number of hydrogen-bond donors (Lipinski definition) is 2. The number of nitrogens with one attached hydrogen (secondary N) is 1. The number of ether oxygens (including phenoxy) is 1. The van der Waals surface area contributed by atoms with E-state index in [9.17, 15) is 5.11 Å². The van der Waals surface area contributed by atoms with Crippen LogP contribution < -0.4 is 10.1 Å². The van der Waals surface area contributed by atoms with E-state index in [4.69, 9.17) is 4.74 Å². The summed E-state index contributed by atoms with van der Waals surface area (Å²) < 4.78 is 6.73. The van der Waals surface area contributed by atoms with Gasteiger partial charge in [0, 0.05) is 11.8 Å². The zero-order valence-corrected chi connectivity index (χ0v) is 13.3. The van der Waals surface area contributed by atoms with Gasteiger partial charge in [-0.2, -0.15) is 4.98 Å². The van der Waals surface area contributed by atoms with Crippen molar-refractivity contribution in [3.63, 3.8) is 0 Å². The highest BCUT2D eigenvalue weighted by Crippen LogP contribution is 2.33. The van der Waals surface area contributed by atoms with Crippen molar-refractivity contribution in [2.24, 2.45) is 0 Å². The van der Waals surface area contributed by atoms with Crippen LogP contribution in [0.5, 0.6) is 17.4 Å². The summed E-state index contributed by atoms with van der Waals surface area (Å²) in [5, 5.41) is 14.7. The quantitative estimate of drug-likeness (QED) is 0.553. The van der Waals surface area contributed by atoms with E-state index >= 15 is 0 Å². The van der Waals surface area contributed by atoms with Gasteiger partial charge in [0.25, 0.3) is 0 Å². The van der Waals surface area contributed by atoms with Crippen molar-refractivity contribution >= 4 is 33.2 Å². The minimum atomic E-state index is 0.145. The van der Waals surface area contributed by atoms with Gasteiger partial charge in [0.2, 0.25) is 11.8 Å². The molecule has 2 heterocycles. The molecular weight excluding hydrogens is 322 g/mol. The van der Waals surface area contributed by atoms with Crippen molar-refractivity contribution in [3.8, 4) is 17.4 Å². The summed E-state index contributed by atoms with van der Waals surface area (Å²) >= 11 is 1.51. The number of nitrogens with zero attached hydrogens (tertiary/aromatic N) is 2. The topological polar surface area (TPSA) is 67.3 Å². The SMILES string of the molecule is Oc1cccc(Oc2nc(Nc3ccccc3)nc3ccsc23)c1. The van der Waals surface area contributed by atoms with E-state index in [1.165, 1.54) is 11.3 Å². The van der Waals surface area contributed by atoms with Gasteiger partial charge in [-0.3, -0.25) is 0 Å². The molecule has 0 spiro atoms. The van der Waals surface area contributed by atoms with Gasteiger partial charge >= 0.3 is 0 Å². The number of phenols is 1. The lowest BCUT2D eigenvalue weighted by molar-refractivity contribution is 0.449. The minimum absolute atomic E-state index is 0.145. The summed E-state index contributed by atoms with van der Waals surface area (Å²) in [7, 11) is 0. The van der Waals surface area contributed by atoms with Crippen LogP contribution in [0.25, 0.3) is 10.2 Å². The Morgan fingerprint density at radius 3 is 2.67 bits per heavy atom. The molecule has 118 valence electrons. The number of aromatic nitrogens is 2. The number of aromatic hydroxyl groups is 1. The molecule has 0 atom stereocenters. The van der Waals surface area contributed by atoms with Crippen molar-refractivity contribution in [1.29, 1.82) is 0 Å². The number of thiophene rings is 1. The monoisotopic (exact) mass is 335 g/mol. The van der Waals surface area contributed by atoms with E-state index < -0.39 is 0 Å². The summed E-state index contributed by atoms with van der Waals surface area (Å²) in [5.41, 5.74) is 1.71. The largest absolute Gasteiger partial charge is 0.508 e. The molecule has 6 heteroatoms. The molecule has 0 amide bonds. The summed E-state index contributed by atoms with van der Waals surface area (Å²) in [5.74, 6) is 1.59. The third-order valence-electron chi connectivity index (χ3n) is 3.33. The molecule has 0 aliphatic carbocycles. The van der Waals surface area contributed by atoms with Crippen LogP contribution in [0.1, 0.15) is 0 Å². The Hall–Kier alpha value is -3.12. The van der Waals surface area contributed by atoms with Gasteiger partial charge in [-0.1, -0.05) is 24.3 Å². The first kappa shape index (κ1) is 14.5. The molecule has 0 bridgehead atoms. The second-order valence-electron chi connectivity index (χ2n) is 5.08. The Balaban J connectivity index is 1.72. The lowest BCUT2D eigenvalue weighted by Crippen LogP contribution is -1.99. The number of anilines is 2. The standard InChI is InChI=1S/C18H13N3O2S/c22-13-7-4-8-14(11-13)23-17-16-15(9-10-24-16)20-18(21-17)19-12-5-2-1-3-6-12/h1-11,22H,(H,19,20,21). The van der Waals surface area contributed by atoms with Crippen molar-refractivity contribution in [2.45, 2.75) is 0 Å². The predicted octanol–water partition coefficient (Wildman–Crippen LogP) is 4.93. The van der Waals surface area contributed by atoms with Crippen molar-refractivity contribution in [3.05, 3.63) is 66.0 Å². The van der Waals surface area contributed by atoms with Crippen LogP contribution >= 0.6 is 11.3 Å². The average molecular weight is 335 g/mol. The Morgan fingerprint density at radius 1 is 0.958 bits per heavy atom. The van der Waals surface area contributed by atoms with E-state index in [0.717, 1.165) is 15.9 Å². The molecule has 0 aliphatic rings. The molecule has 4 aromatic rings. The highest BCUT2D eigenvalue weighted by molar-refractivity contribution is 7.17. The van der Waals surface area contributed by atoms with E-state index in [-0.39, 0.29) is 5.75 Å². The van der Waals surface area contributed by atoms with Crippen LogP contribution in [0.4, 0.5) is 11.6 Å². The lowest BCUT2D eigenvalue weighted by atomic mass is 10.3. The number of rotatable bonds is 4. The molecule has 0 saturated heterocycles. The maximum absolute atomic E-state index is 9.59. The van der Waals surface area contributed by atoms with Crippen molar-refractivity contribution in [1.82, 2.24) is 9.97 Å². The number of benzene rings is 2. The Bertz CT molecular complexity index is 986. The van der Waals surface area contributed by atoms with E-state index in [0.29, 0.717) is 17.6 Å². The zero-order chi connectivity index (χ0) is 16.4. The molecule has 4 rings (SSSR count). The Labute approximate surface area is 142 Å². The van der Waals surface area contributed by atoms with Crippen molar-refractivity contribution < 1.29 is 9.84 Å². The summed E-state index contributed by atoms with van der Waals surface area (Å²) in [4.78, 5) is 8.99. The molecular formula is C18H13N3O2S. The van der Waals surface area contributed by atoms with E-state index in [2.05, 4.69) is 15.3 Å². The van der Waals surface area contributed by atoms with E-state index in [1.54, 1.807) is 24.3 Å². The molecule has 0 saturated carbocycles. The maximum atomic E-state index is 9.59. The maximum Gasteiger partial charge on any atom is 0.242 e. The molecule has 5 nitrogen and oxygen atoms in total. The van der Waals surface area contributed by atoms with Crippen LogP contribution in [0.2, 0.25) is 0 Å². The smallest absolute Gasteiger partial charge is 0.242 e. The second kappa shape index (κ2) is 6.17. The van der Waals surface area contributed by atoms with Gasteiger partial charge in [0.05, 0.1) is 5.52 Å². The average Bonchev–Trinajstić information content (AvgIpc) is 3.05. The third kappa shape index (κ3) is 3.00. The fraction of sp³-hybridized carbons (Fsp3) is 0. The minimum Gasteiger partial charge on any atom is -0.508 e. The molecule has 0 radical (unpaired) electrons. The van der Waals surface area contributed by atoms with Crippen LogP contribution in [0.3, 0.4) is 0 Å². The lowest BCUT2D eigenvalue weighted by Gasteiger charge is -2.09. The van der Waals surface area contributed by atoms with Crippen LogP contribution in [0.15, 0.2) is 66.0 Å². The van der Waals surface area contributed by atoms with Gasteiger partial charge in [0.1, 0.15) is 16.2 Å². The fourth-order valence-corrected chi connectivity index (χ4v) is 3.03. The molecule has 0 unspecified atom stereocenters. The first-order chi connectivity index (χ1) is 11.8. The van der Waals surface area contributed by atoms with E-state index in [1.807, 2.05) is 41.8 Å². The summed E-state index contributed by atoms with van der Waals surface area (Å²) in [6.07, 6.45) is 0. The zero-order valence-electron chi connectivity index (χ0n) is 12.5. The Morgan fingerprint density at radius 2 is 1.83 bits per heavy atom. The summed E-state index contributed by atoms with van der Waals surface area (Å²) in [6, 6.07) is 18.3. The predicted molar refractivity (Wildman–Crippen MR) is 95.3 cm³/mol. The van der Waals surface area contributed by atoms with Gasteiger partial charge in [-0.15, -0.1) is 11.3 Å². The summed E-state index contributed by atoms with van der Waals surface area (Å²) in [6.45, 7) is 0. The highest BCUT2D eigenvalue weighted by Gasteiger charge is 2.12. The molecule has 2 aromatic carbocycles.